The molecular formula is C17H16ClFN2O. The predicted octanol–water partition coefficient (Wildman–Crippen LogP) is 4.41. The second-order valence-electron chi connectivity index (χ2n) is 4.76. The molecule has 0 saturated heterocycles. The van der Waals surface area contributed by atoms with E-state index in [4.69, 9.17) is 11.6 Å². The van der Waals surface area contributed by atoms with E-state index >= 15 is 0 Å². The van der Waals surface area contributed by atoms with E-state index in [1.165, 1.54) is 12.1 Å². The van der Waals surface area contributed by atoms with Crippen LogP contribution in [0, 0.1) is 5.82 Å². The summed E-state index contributed by atoms with van der Waals surface area (Å²) in [5, 5.41) is 4.74. The molecule has 2 rings (SSSR count). The molecule has 0 fully saturated rings. The molecule has 0 aliphatic heterocycles. The fourth-order valence-corrected chi connectivity index (χ4v) is 2.05. The summed E-state index contributed by atoms with van der Waals surface area (Å²) in [7, 11) is 0. The lowest BCUT2D eigenvalue weighted by Crippen LogP contribution is -2.20. The Morgan fingerprint density at radius 1 is 1.09 bits per heavy atom. The number of rotatable bonds is 5. The molecule has 0 aliphatic rings. The lowest BCUT2D eigenvalue weighted by Gasteiger charge is -2.07. The molecule has 0 unspecified atom stereocenters. The van der Waals surface area contributed by atoms with Crippen LogP contribution in [-0.2, 0) is 0 Å². The number of amides is 1. The van der Waals surface area contributed by atoms with Gasteiger partial charge in [-0.25, -0.2) is 9.82 Å². The highest BCUT2D eigenvalue weighted by Gasteiger charge is 2.07. The Kier molecular flexibility index (Phi) is 5.67. The fourth-order valence-electron chi connectivity index (χ4n) is 1.93. The van der Waals surface area contributed by atoms with Crippen molar-refractivity contribution < 1.29 is 9.18 Å². The summed E-state index contributed by atoms with van der Waals surface area (Å²) in [5.74, 6) is -0.614. The van der Waals surface area contributed by atoms with Crippen molar-refractivity contribution in [2.45, 2.75) is 19.8 Å². The summed E-state index contributed by atoms with van der Waals surface area (Å²) in [6.45, 7) is 2.01. The van der Waals surface area contributed by atoms with Crippen LogP contribution < -0.4 is 5.43 Å². The summed E-state index contributed by atoms with van der Waals surface area (Å²) in [6, 6.07) is 12.6. The first-order valence-corrected chi connectivity index (χ1v) is 7.36. The highest BCUT2D eigenvalue weighted by atomic mass is 35.5. The van der Waals surface area contributed by atoms with Crippen molar-refractivity contribution in [1.82, 2.24) is 5.43 Å². The van der Waals surface area contributed by atoms with Gasteiger partial charge in [0.1, 0.15) is 5.82 Å². The van der Waals surface area contributed by atoms with Crippen molar-refractivity contribution in [3.05, 3.63) is 70.5 Å². The summed E-state index contributed by atoms with van der Waals surface area (Å²) < 4.78 is 13.0. The van der Waals surface area contributed by atoms with Gasteiger partial charge in [-0.1, -0.05) is 37.1 Å². The molecule has 0 atom stereocenters. The number of halogens is 2. The molecule has 1 N–H and O–H groups in total. The van der Waals surface area contributed by atoms with E-state index in [2.05, 4.69) is 10.5 Å². The Hall–Kier alpha value is -2.20. The first-order chi connectivity index (χ1) is 10.6. The van der Waals surface area contributed by atoms with Gasteiger partial charge < -0.3 is 0 Å². The minimum atomic E-state index is -0.313. The lowest BCUT2D eigenvalue weighted by molar-refractivity contribution is 0.0955. The molecule has 0 bridgehead atoms. The average Bonchev–Trinajstić information content (AvgIpc) is 2.53. The van der Waals surface area contributed by atoms with E-state index in [1.807, 2.05) is 6.92 Å². The highest BCUT2D eigenvalue weighted by Crippen LogP contribution is 2.10. The quantitative estimate of drug-likeness (QED) is 0.643. The highest BCUT2D eigenvalue weighted by molar-refractivity contribution is 6.30. The van der Waals surface area contributed by atoms with Crippen LogP contribution in [0.4, 0.5) is 4.39 Å². The average molecular weight is 319 g/mol. The molecule has 5 heteroatoms. The van der Waals surface area contributed by atoms with Gasteiger partial charge in [-0.2, -0.15) is 5.10 Å². The molecule has 0 saturated carbocycles. The van der Waals surface area contributed by atoms with Crippen molar-refractivity contribution in [2.24, 2.45) is 5.10 Å². The number of hydrogen-bond donors (Lipinski definition) is 1. The largest absolute Gasteiger partial charge is 0.271 e. The van der Waals surface area contributed by atoms with Crippen LogP contribution in [0.15, 0.2) is 53.6 Å². The van der Waals surface area contributed by atoms with Crippen LogP contribution in [0.2, 0.25) is 5.02 Å². The fraction of sp³-hybridized carbons (Fsp3) is 0.176. The van der Waals surface area contributed by atoms with Crippen LogP contribution in [0.25, 0.3) is 0 Å². The normalized spacial score (nSPS) is 11.3. The molecule has 22 heavy (non-hydrogen) atoms. The Morgan fingerprint density at radius 3 is 2.27 bits per heavy atom. The third-order valence-electron chi connectivity index (χ3n) is 3.06. The zero-order valence-electron chi connectivity index (χ0n) is 12.1. The monoisotopic (exact) mass is 318 g/mol. The van der Waals surface area contributed by atoms with Gasteiger partial charge in [-0.05, 0) is 48.4 Å². The van der Waals surface area contributed by atoms with Crippen LogP contribution in [0.5, 0.6) is 0 Å². The van der Waals surface area contributed by atoms with Crippen molar-refractivity contribution >= 4 is 23.2 Å². The SMILES string of the molecule is CCC/C(=N\NC(=O)c1ccc(Cl)cc1)c1ccc(F)cc1. The van der Waals surface area contributed by atoms with Gasteiger partial charge in [-0.3, -0.25) is 4.79 Å². The van der Waals surface area contributed by atoms with Gasteiger partial charge in [0, 0.05) is 10.6 Å². The first-order valence-electron chi connectivity index (χ1n) is 6.98. The van der Waals surface area contributed by atoms with Crippen LogP contribution >= 0.6 is 11.6 Å². The van der Waals surface area contributed by atoms with E-state index in [9.17, 15) is 9.18 Å². The first kappa shape index (κ1) is 16.2. The molecule has 0 spiro atoms. The number of hydrazone groups is 1. The number of hydrogen-bond acceptors (Lipinski definition) is 2. The second-order valence-corrected chi connectivity index (χ2v) is 5.20. The maximum atomic E-state index is 13.0. The Morgan fingerprint density at radius 2 is 1.68 bits per heavy atom. The Balaban J connectivity index is 2.14. The smallest absolute Gasteiger partial charge is 0.267 e. The summed E-state index contributed by atoms with van der Waals surface area (Å²) >= 11 is 5.79. The summed E-state index contributed by atoms with van der Waals surface area (Å²) in [5.41, 5.74) is 4.51. The molecule has 0 aliphatic carbocycles. The van der Waals surface area contributed by atoms with E-state index < -0.39 is 0 Å². The number of nitrogens with zero attached hydrogens (tertiary/aromatic N) is 1. The molecule has 114 valence electrons. The maximum Gasteiger partial charge on any atom is 0.271 e. The molecule has 2 aromatic rings. The Bertz CT molecular complexity index is 666. The minimum absolute atomic E-state index is 0.301. The molecule has 3 nitrogen and oxygen atoms in total. The van der Waals surface area contributed by atoms with Crippen molar-refractivity contribution in [1.29, 1.82) is 0 Å². The van der Waals surface area contributed by atoms with Gasteiger partial charge in [0.05, 0.1) is 5.71 Å². The topological polar surface area (TPSA) is 41.5 Å². The summed E-state index contributed by atoms with van der Waals surface area (Å²) in [6.07, 6.45) is 1.56. The van der Waals surface area contributed by atoms with Crippen LogP contribution in [0.3, 0.4) is 0 Å². The standard InChI is InChI=1S/C17H16ClFN2O/c1-2-3-16(12-6-10-15(19)11-7-12)20-21-17(22)13-4-8-14(18)9-5-13/h4-11H,2-3H2,1H3,(H,21,22)/b20-16+. The maximum absolute atomic E-state index is 13.0. The van der Waals surface area contributed by atoms with Gasteiger partial charge >= 0.3 is 0 Å². The molecule has 0 heterocycles. The molecule has 2 aromatic carbocycles. The van der Waals surface area contributed by atoms with Gasteiger partial charge in [0.15, 0.2) is 0 Å². The number of carbonyl (C=O) groups excluding carboxylic acids is 1. The minimum Gasteiger partial charge on any atom is -0.267 e. The Labute approximate surface area is 133 Å². The molecule has 0 radical (unpaired) electrons. The molecular weight excluding hydrogens is 303 g/mol. The third-order valence-corrected chi connectivity index (χ3v) is 3.32. The lowest BCUT2D eigenvalue weighted by atomic mass is 10.1. The van der Waals surface area contributed by atoms with E-state index in [0.717, 1.165) is 12.0 Å². The zero-order chi connectivity index (χ0) is 15.9. The number of carbonyl (C=O) groups is 1. The summed E-state index contributed by atoms with van der Waals surface area (Å²) in [4.78, 5) is 12.0. The van der Waals surface area contributed by atoms with Gasteiger partial charge in [0.25, 0.3) is 5.91 Å². The molecule has 0 aromatic heterocycles. The zero-order valence-corrected chi connectivity index (χ0v) is 12.9. The predicted molar refractivity (Wildman–Crippen MR) is 86.8 cm³/mol. The number of nitrogens with one attached hydrogen (secondary N) is 1. The third kappa shape index (κ3) is 4.40. The second kappa shape index (κ2) is 7.71. The van der Waals surface area contributed by atoms with Gasteiger partial charge in [0.2, 0.25) is 0 Å². The van der Waals surface area contributed by atoms with E-state index in [1.54, 1.807) is 36.4 Å². The number of benzene rings is 2. The van der Waals surface area contributed by atoms with Crippen molar-refractivity contribution in [3.8, 4) is 0 Å². The van der Waals surface area contributed by atoms with Crippen molar-refractivity contribution in [3.63, 3.8) is 0 Å². The van der Waals surface area contributed by atoms with E-state index in [0.29, 0.717) is 22.7 Å². The van der Waals surface area contributed by atoms with Crippen LogP contribution in [0.1, 0.15) is 35.7 Å². The van der Waals surface area contributed by atoms with Crippen molar-refractivity contribution in [2.75, 3.05) is 0 Å². The van der Waals surface area contributed by atoms with Gasteiger partial charge in [-0.15, -0.1) is 0 Å². The van der Waals surface area contributed by atoms with Crippen LogP contribution in [-0.4, -0.2) is 11.6 Å². The molecule has 1 amide bonds. The van der Waals surface area contributed by atoms with E-state index in [-0.39, 0.29) is 11.7 Å².